The van der Waals surface area contributed by atoms with Gasteiger partial charge in [-0.3, -0.25) is 5.32 Å². The van der Waals surface area contributed by atoms with Crippen LogP contribution in [0.4, 0.5) is 10.5 Å². The molecule has 0 bridgehead atoms. The van der Waals surface area contributed by atoms with E-state index in [2.05, 4.69) is 10.3 Å². The fraction of sp³-hybridized carbons (Fsp3) is 0.250. The monoisotopic (exact) mass is 216 g/mol. The van der Waals surface area contributed by atoms with E-state index in [0.29, 0.717) is 11.6 Å². The fourth-order valence-corrected chi connectivity index (χ4v) is 2.11. The minimum Gasteiger partial charge on any atom is -0.465 e. The van der Waals surface area contributed by atoms with Gasteiger partial charge < -0.3 is 10.1 Å². The first-order chi connectivity index (χ1) is 7.74. The van der Waals surface area contributed by atoms with Crippen molar-refractivity contribution in [2.75, 3.05) is 5.32 Å². The van der Waals surface area contributed by atoms with Crippen molar-refractivity contribution in [3.05, 3.63) is 30.0 Å². The number of hydrogen-bond donors (Lipinski definition) is 3. The molecule has 2 aromatic rings. The summed E-state index contributed by atoms with van der Waals surface area (Å²) in [5.41, 5.74) is 3.02. The average molecular weight is 216 g/mol. The van der Waals surface area contributed by atoms with Crippen LogP contribution in [0.25, 0.3) is 10.9 Å². The van der Waals surface area contributed by atoms with Crippen molar-refractivity contribution in [1.82, 2.24) is 4.98 Å². The molecule has 0 unspecified atom stereocenters. The van der Waals surface area contributed by atoms with Crippen LogP contribution in [-0.2, 0) is 0 Å². The van der Waals surface area contributed by atoms with Crippen LogP contribution in [0.2, 0.25) is 0 Å². The van der Waals surface area contributed by atoms with E-state index < -0.39 is 6.09 Å². The second-order valence-corrected chi connectivity index (χ2v) is 4.21. The number of carboxylic acid groups (broad SMARTS) is 1. The van der Waals surface area contributed by atoms with Crippen molar-refractivity contribution in [1.29, 1.82) is 0 Å². The number of aromatic amines is 1. The van der Waals surface area contributed by atoms with Gasteiger partial charge >= 0.3 is 6.09 Å². The van der Waals surface area contributed by atoms with Crippen molar-refractivity contribution >= 4 is 22.7 Å². The van der Waals surface area contributed by atoms with Crippen molar-refractivity contribution in [3.8, 4) is 0 Å². The summed E-state index contributed by atoms with van der Waals surface area (Å²) in [6.07, 6.45) is 3.27. The van der Waals surface area contributed by atoms with Crippen LogP contribution < -0.4 is 5.32 Å². The summed E-state index contributed by atoms with van der Waals surface area (Å²) < 4.78 is 0. The summed E-state index contributed by atoms with van der Waals surface area (Å²) >= 11 is 0. The van der Waals surface area contributed by atoms with Gasteiger partial charge in [-0.25, -0.2) is 4.79 Å². The van der Waals surface area contributed by atoms with Crippen LogP contribution >= 0.6 is 0 Å². The zero-order chi connectivity index (χ0) is 11.1. The Morgan fingerprint density at radius 3 is 2.94 bits per heavy atom. The summed E-state index contributed by atoms with van der Waals surface area (Å²) in [5.74, 6) is 0.594. The Morgan fingerprint density at radius 1 is 1.44 bits per heavy atom. The molecule has 1 saturated carbocycles. The van der Waals surface area contributed by atoms with Crippen molar-refractivity contribution < 1.29 is 9.90 Å². The number of H-pyrrole nitrogens is 1. The van der Waals surface area contributed by atoms with E-state index in [-0.39, 0.29) is 0 Å². The molecule has 1 aromatic heterocycles. The maximum atomic E-state index is 10.6. The molecular weight excluding hydrogens is 204 g/mol. The quantitative estimate of drug-likeness (QED) is 0.722. The maximum Gasteiger partial charge on any atom is 0.409 e. The number of nitrogens with one attached hydrogen (secondary N) is 2. The first kappa shape index (κ1) is 9.27. The van der Waals surface area contributed by atoms with E-state index in [1.54, 1.807) is 0 Å². The maximum absolute atomic E-state index is 10.6. The van der Waals surface area contributed by atoms with Crippen LogP contribution in [-0.4, -0.2) is 16.2 Å². The lowest BCUT2D eigenvalue weighted by atomic mass is 10.1. The Bertz CT molecular complexity index is 555. The van der Waals surface area contributed by atoms with E-state index >= 15 is 0 Å². The highest BCUT2D eigenvalue weighted by Crippen LogP contribution is 2.43. The third-order valence-electron chi connectivity index (χ3n) is 2.96. The van der Waals surface area contributed by atoms with Gasteiger partial charge in [0, 0.05) is 22.8 Å². The largest absolute Gasteiger partial charge is 0.465 e. The van der Waals surface area contributed by atoms with Gasteiger partial charge in [-0.15, -0.1) is 0 Å². The molecule has 0 aliphatic heterocycles. The minimum atomic E-state index is -1.02. The number of carbonyl (C=O) groups is 1. The first-order valence-electron chi connectivity index (χ1n) is 5.35. The van der Waals surface area contributed by atoms with Gasteiger partial charge in [0.1, 0.15) is 0 Å². The van der Waals surface area contributed by atoms with Gasteiger partial charge in [-0.1, -0.05) is 0 Å². The minimum absolute atomic E-state index is 0.594. The Morgan fingerprint density at radius 2 is 2.25 bits per heavy atom. The normalized spacial score (nSPS) is 15.2. The lowest BCUT2D eigenvalue weighted by Crippen LogP contribution is -2.07. The first-order valence-corrected chi connectivity index (χ1v) is 5.35. The fourth-order valence-electron chi connectivity index (χ4n) is 2.11. The molecule has 1 amide bonds. The second-order valence-electron chi connectivity index (χ2n) is 4.21. The van der Waals surface area contributed by atoms with E-state index in [9.17, 15) is 4.79 Å². The molecule has 82 valence electrons. The molecule has 16 heavy (non-hydrogen) atoms. The van der Waals surface area contributed by atoms with Gasteiger partial charge in [0.25, 0.3) is 0 Å². The van der Waals surface area contributed by atoms with Gasteiger partial charge in [0.05, 0.1) is 0 Å². The molecule has 1 fully saturated rings. The summed E-state index contributed by atoms with van der Waals surface area (Å²) in [4.78, 5) is 13.8. The summed E-state index contributed by atoms with van der Waals surface area (Å²) in [6, 6.07) is 5.75. The smallest absolute Gasteiger partial charge is 0.409 e. The Hall–Kier alpha value is -1.97. The number of aromatic nitrogens is 1. The van der Waals surface area contributed by atoms with Gasteiger partial charge in [0.2, 0.25) is 0 Å². The zero-order valence-corrected chi connectivity index (χ0v) is 8.66. The molecule has 0 radical (unpaired) electrons. The van der Waals surface area contributed by atoms with Gasteiger partial charge in [0.15, 0.2) is 0 Å². The molecular formula is C12H12N2O2. The lowest BCUT2D eigenvalue weighted by molar-refractivity contribution is 0.210. The van der Waals surface area contributed by atoms with E-state index in [1.807, 2.05) is 24.4 Å². The molecule has 1 aliphatic rings. The highest BCUT2D eigenvalue weighted by molar-refractivity contribution is 5.91. The van der Waals surface area contributed by atoms with E-state index in [1.165, 1.54) is 18.4 Å². The number of anilines is 1. The Labute approximate surface area is 92.3 Å². The third-order valence-corrected chi connectivity index (χ3v) is 2.96. The highest BCUT2D eigenvalue weighted by Gasteiger charge is 2.26. The number of hydrogen-bond acceptors (Lipinski definition) is 1. The predicted octanol–water partition coefficient (Wildman–Crippen LogP) is 3.14. The zero-order valence-electron chi connectivity index (χ0n) is 8.66. The summed E-state index contributed by atoms with van der Waals surface area (Å²) in [7, 11) is 0. The molecule has 0 atom stereocenters. The SMILES string of the molecule is O=C(O)Nc1cc(C2CC2)c2[nH]ccc2c1. The van der Waals surface area contributed by atoms with Crippen LogP contribution in [0.1, 0.15) is 24.3 Å². The number of fused-ring (bicyclic) bond motifs is 1. The summed E-state index contributed by atoms with van der Waals surface area (Å²) in [6.45, 7) is 0. The molecule has 4 heteroatoms. The van der Waals surface area contributed by atoms with Crippen LogP contribution in [0.3, 0.4) is 0 Å². The molecule has 0 saturated heterocycles. The van der Waals surface area contributed by atoms with Crippen LogP contribution in [0.15, 0.2) is 24.4 Å². The van der Waals surface area contributed by atoms with Gasteiger partial charge in [-0.05, 0) is 42.5 Å². The van der Waals surface area contributed by atoms with Crippen LogP contribution in [0, 0.1) is 0 Å². The molecule has 4 nitrogen and oxygen atoms in total. The molecule has 1 aromatic carbocycles. The molecule has 1 aliphatic carbocycles. The number of amides is 1. The highest BCUT2D eigenvalue weighted by atomic mass is 16.4. The summed E-state index contributed by atoms with van der Waals surface area (Å²) in [5, 5.41) is 12.2. The Balaban J connectivity index is 2.12. The molecule has 3 N–H and O–H groups in total. The topological polar surface area (TPSA) is 65.1 Å². The average Bonchev–Trinajstić information content (AvgIpc) is 2.95. The van der Waals surface area contributed by atoms with E-state index in [4.69, 9.17) is 5.11 Å². The number of benzene rings is 1. The molecule has 0 spiro atoms. The van der Waals surface area contributed by atoms with Crippen molar-refractivity contribution in [2.45, 2.75) is 18.8 Å². The predicted molar refractivity (Wildman–Crippen MR) is 61.9 cm³/mol. The molecule has 1 heterocycles. The number of rotatable bonds is 2. The van der Waals surface area contributed by atoms with Crippen molar-refractivity contribution in [3.63, 3.8) is 0 Å². The second kappa shape index (κ2) is 3.27. The standard InChI is InChI=1S/C12H12N2O2/c15-12(16)14-9-5-8-3-4-13-11(8)10(6-9)7-1-2-7/h3-7,13-14H,1-2H2,(H,15,16). The van der Waals surface area contributed by atoms with Crippen LogP contribution in [0.5, 0.6) is 0 Å². The Kier molecular flexibility index (Phi) is 1.89. The van der Waals surface area contributed by atoms with Crippen molar-refractivity contribution in [2.24, 2.45) is 0 Å². The third kappa shape index (κ3) is 1.52. The van der Waals surface area contributed by atoms with Gasteiger partial charge in [-0.2, -0.15) is 0 Å². The lowest BCUT2D eigenvalue weighted by Gasteiger charge is -2.06. The van der Waals surface area contributed by atoms with E-state index in [0.717, 1.165) is 10.9 Å². The molecule has 3 rings (SSSR count).